The zero-order valence-corrected chi connectivity index (χ0v) is 12.6. The molecule has 2 aromatic heterocycles. The number of hydrogen-bond donors (Lipinski definition) is 1. The fourth-order valence-electron chi connectivity index (χ4n) is 2.22. The zero-order valence-electron chi connectivity index (χ0n) is 12.6. The third-order valence-electron chi connectivity index (χ3n) is 3.24. The van der Waals surface area contributed by atoms with Gasteiger partial charge >= 0.3 is 0 Å². The minimum atomic E-state index is -0.0578. The molecule has 0 aliphatic rings. The molecule has 1 N–H and O–H groups in total. The van der Waals surface area contributed by atoms with Gasteiger partial charge < -0.3 is 10.2 Å². The highest BCUT2D eigenvalue weighted by molar-refractivity contribution is 5.94. The molecular formula is C15H22N4O. The van der Waals surface area contributed by atoms with Gasteiger partial charge in [-0.15, -0.1) is 0 Å². The van der Waals surface area contributed by atoms with Crippen molar-refractivity contribution in [3.8, 4) is 0 Å². The van der Waals surface area contributed by atoms with E-state index in [0.29, 0.717) is 12.2 Å². The van der Waals surface area contributed by atoms with Gasteiger partial charge in [-0.1, -0.05) is 0 Å². The van der Waals surface area contributed by atoms with Crippen LogP contribution in [0, 0.1) is 13.8 Å². The zero-order chi connectivity index (χ0) is 14.7. The summed E-state index contributed by atoms with van der Waals surface area (Å²) in [6, 6.07) is 3.97. The molecule has 0 bridgehead atoms. The van der Waals surface area contributed by atoms with E-state index in [1.165, 1.54) is 0 Å². The molecule has 1 amide bonds. The summed E-state index contributed by atoms with van der Waals surface area (Å²) in [6.45, 7) is 5.53. The molecule has 108 valence electrons. The Morgan fingerprint density at radius 3 is 2.85 bits per heavy atom. The molecule has 0 saturated heterocycles. The number of rotatable bonds is 5. The SMILES string of the molecule is Cc1ccn2c(C(=O)NCCCN(C)C)c(C)nc2c1. The Kier molecular flexibility index (Phi) is 4.39. The minimum absolute atomic E-state index is 0.0578. The van der Waals surface area contributed by atoms with E-state index in [-0.39, 0.29) is 5.91 Å². The first kappa shape index (κ1) is 14.5. The van der Waals surface area contributed by atoms with Crippen molar-refractivity contribution in [2.45, 2.75) is 20.3 Å². The number of aryl methyl sites for hydroxylation is 2. The number of aromatic nitrogens is 2. The van der Waals surface area contributed by atoms with Gasteiger partial charge in [0.15, 0.2) is 0 Å². The highest BCUT2D eigenvalue weighted by atomic mass is 16.1. The Hall–Kier alpha value is -1.88. The molecular weight excluding hydrogens is 252 g/mol. The van der Waals surface area contributed by atoms with Gasteiger partial charge in [0.05, 0.1) is 5.69 Å². The summed E-state index contributed by atoms with van der Waals surface area (Å²) in [7, 11) is 4.05. The Labute approximate surface area is 119 Å². The number of pyridine rings is 1. The van der Waals surface area contributed by atoms with Crippen molar-refractivity contribution < 1.29 is 4.79 Å². The maximum absolute atomic E-state index is 12.3. The molecule has 0 aliphatic heterocycles. The summed E-state index contributed by atoms with van der Waals surface area (Å²) in [5.41, 5.74) is 3.35. The van der Waals surface area contributed by atoms with Gasteiger partial charge in [0, 0.05) is 12.7 Å². The van der Waals surface area contributed by atoms with E-state index in [1.54, 1.807) is 0 Å². The molecule has 5 nitrogen and oxygen atoms in total. The predicted molar refractivity (Wildman–Crippen MR) is 80.2 cm³/mol. The number of hydrogen-bond acceptors (Lipinski definition) is 3. The molecule has 5 heteroatoms. The number of imidazole rings is 1. The van der Waals surface area contributed by atoms with E-state index in [4.69, 9.17) is 0 Å². The van der Waals surface area contributed by atoms with E-state index in [2.05, 4.69) is 15.2 Å². The van der Waals surface area contributed by atoms with E-state index in [9.17, 15) is 4.79 Å². The fraction of sp³-hybridized carbons (Fsp3) is 0.467. The lowest BCUT2D eigenvalue weighted by atomic mass is 10.3. The Balaban J connectivity index is 2.12. The van der Waals surface area contributed by atoms with Crippen LogP contribution < -0.4 is 5.32 Å². The molecule has 0 atom stereocenters. The van der Waals surface area contributed by atoms with E-state index in [0.717, 1.165) is 29.9 Å². The molecule has 2 aromatic rings. The lowest BCUT2D eigenvalue weighted by Gasteiger charge is -2.10. The predicted octanol–water partition coefficient (Wildman–Crippen LogP) is 1.63. The van der Waals surface area contributed by atoms with Crippen LogP contribution in [0.3, 0.4) is 0 Å². The summed E-state index contributed by atoms with van der Waals surface area (Å²) >= 11 is 0. The van der Waals surface area contributed by atoms with Gasteiger partial charge in [-0.3, -0.25) is 9.20 Å². The standard InChI is InChI=1S/C15H22N4O/c1-11-6-9-19-13(10-11)17-12(2)14(19)15(20)16-7-5-8-18(3)4/h6,9-10H,5,7-8H2,1-4H3,(H,16,20). The van der Waals surface area contributed by atoms with Crippen LogP contribution >= 0.6 is 0 Å². The van der Waals surface area contributed by atoms with Crippen LogP contribution in [0.2, 0.25) is 0 Å². The van der Waals surface area contributed by atoms with Crippen molar-refractivity contribution >= 4 is 11.6 Å². The molecule has 0 unspecified atom stereocenters. The van der Waals surface area contributed by atoms with Crippen molar-refractivity contribution in [3.63, 3.8) is 0 Å². The average molecular weight is 274 g/mol. The molecule has 0 spiro atoms. The summed E-state index contributed by atoms with van der Waals surface area (Å²) in [6.07, 6.45) is 2.84. The van der Waals surface area contributed by atoms with Crippen LogP contribution in [0.4, 0.5) is 0 Å². The first-order valence-corrected chi connectivity index (χ1v) is 6.87. The van der Waals surface area contributed by atoms with E-state index >= 15 is 0 Å². The number of carbonyl (C=O) groups is 1. The largest absolute Gasteiger partial charge is 0.351 e. The number of fused-ring (bicyclic) bond motifs is 1. The second-order valence-electron chi connectivity index (χ2n) is 5.39. The second-order valence-corrected chi connectivity index (χ2v) is 5.39. The van der Waals surface area contributed by atoms with Crippen LogP contribution in [0.15, 0.2) is 18.3 Å². The van der Waals surface area contributed by atoms with Gasteiger partial charge in [-0.2, -0.15) is 0 Å². The van der Waals surface area contributed by atoms with Crippen molar-refractivity contribution in [3.05, 3.63) is 35.3 Å². The number of amides is 1. The molecule has 2 rings (SSSR count). The smallest absolute Gasteiger partial charge is 0.270 e. The molecule has 2 heterocycles. The highest BCUT2D eigenvalue weighted by Gasteiger charge is 2.15. The first-order chi connectivity index (χ1) is 9.49. The van der Waals surface area contributed by atoms with Crippen molar-refractivity contribution in [2.24, 2.45) is 0 Å². The summed E-state index contributed by atoms with van der Waals surface area (Å²) in [5.74, 6) is -0.0578. The summed E-state index contributed by atoms with van der Waals surface area (Å²) in [4.78, 5) is 18.8. The Bertz CT molecular complexity index is 616. The average Bonchev–Trinajstić information content (AvgIpc) is 2.69. The van der Waals surface area contributed by atoms with Gasteiger partial charge in [-0.25, -0.2) is 4.98 Å². The lowest BCUT2D eigenvalue weighted by Crippen LogP contribution is -2.28. The van der Waals surface area contributed by atoms with Crippen LogP contribution in [0.5, 0.6) is 0 Å². The normalized spacial score (nSPS) is 11.2. The highest BCUT2D eigenvalue weighted by Crippen LogP contribution is 2.13. The second kappa shape index (κ2) is 6.05. The van der Waals surface area contributed by atoms with Gasteiger partial charge in [0.2, 0.25) is 0 Å². The Morgan fingerprint density at radius 2 is 2.15 bits per heavy atom. The molecule has 20 heavy (non-hydrogen) atoms. The third kappa shape index (κ3) is 3.17. The molecule has 0 aliphatic carbocycles. The number of nitrogens with zero attached hydrogens (tertiary/aromatic N) is 3. The van der Waals surface area contributed by atoms with Crippen LogP contribution in [-0.2, 0) is 0 Å². The molecule has 0 radical (unpaired) electrons. The molecule has 0 aromatic carbocycles. The van der Waals surface area contributed by atoms with E-state index in [1.807, 2.05) is 50.7 Å². The molecule has 0 fully saturated rings. The van der Waals surface area contributed by atoms with Crippen molar-refractivity contribution in [2.75, 3.05) is 27.2 Å². The first-order valence-electron chi connectivity index (χ1n) is 6.87. The quantitative estimate of drug-likeness (QED) is 0.843. The summed E-state index contributed by atoms with van der Waals surface area (Å²) < 4.78 is 1.85. The summed E-state index contributed by atoms with van der Waals surface area (Å²) in [5, 5.41) is 2.96. The van der Waals surface area contributed by atoms with Gasteiger partial charge in [0.25, 0.3) is 5.91 Å². The monoisotopic (exact) mass is 274 g/mol. The molecule has 0 saturated carbocycles. The Morgan fingerprint density at radius 1 is 1.40 bits per heavy atom. The van der Waals surface area contributed by atoms with Gasteiger partial charge in [-0.05, 0) is 58.6 Å². The minimum Gasteiger partial charge on any atom is -0.351 e. The maximum atomic E-state index is 12.3. The van der Waals surface area contributed by atoms with Crippen LogP contribution in [0.1, 0.15) is 28.2 Å². The maximum Gasteiger partial charge on any atom is 0.270 e. The third-order valence-corrected chi connectivity index (χ3v) is 3.24. The van der Waals surface area contributed by atoms with Crippen molar-refractivity contribution in [1.82, 2.24) is 19.6 Å². The van der Waals surface area contributed by atoms with E-state index < -0.39 is 0 Å². The number of nitrogens with one attached hydrogen (secondary N) is 1. The lowest BCUT2D eigenvalue weighted by molar-refractivity contribution is 0.0946. The van der Waals surface area contributed by atoms with Crippen LogP contribution in [0.25, 0.3) is 5.65 Å². The van der Waals surface area contributed by atoms with Gasteiger partial charge in [0.1, 0.15) is 11.3 Å². The fourth-order valence-corrected chi connectivity index (χ4v) is 2.22. The topological polar surface area (TPSA) is 49.6 Å². The van der Waals surface area contributed by atoms with Crippen LogP contribution in [-0.4, -0.2) is 47.4 Å². The van der Waals surface area contributed by atoms with Crippen molar-refractivity contribution in [1.29, 1.82) is 0 Å². The number of carbonyl (C=O) groups excluding carboxylic acids is 1.